The minimum absolute atomic E-state index is 0.0600. The number of aryl methyl sites for hydroxylation is 1. The minimum Gasteiger partial charge on any atom is -0.369 e. The lowest BCUT2D eigenvalue weighted by molar-refractivity contribution is -0.524. The highest BCUT2D eigenvalue weighted by Crippen LogP contribution is 2.25. The first kappa shape index (κ1) is 22.4. The minimum atomic E-state index is -0.739. The lowest BCUT2D eigenvalue weighted by atomic mass is 10.1. The van der Waals surface area contributed by atoms with Crippen molar-refractivity contribution in [2.45, 2.75) is 19.9 Å². The Balaban J connectivity index is 1.53. The van der Waals surface area contributed by atoms with Crippen LogP contribution in [-0.2, 0) is 9.59 Å². The van der Waals surface area contributed by atoms with Crippen LogP contribution in [0, 0.1) is 6.92 Å². The number of carbonyl (C=O) groups excluding carboxylic acids is 3. The summed E-state index contributed by atoms with van der Waals surface area (Å²) >= 11 is 6.19. The van der Waals surface area contributed by atoms with Crippen LogP contribution in [0.3, 0.4) is 0 Å². The summed E-state index contributed by atoms with van der Waals surface area (Å²) in [7, 11) is 3.07. The average molecular weight is 460 g/mol. The molecule has 0 bridgehead atoms. The topological polar surface area (TPSA) is 79.5 Å². The van der Waals surface area contributed by atoms with Gasteiger partial charge in [-0.2, -0.15) is 0 Å². The van der Waals surface area contributed by atoms with Crippen LogP contribution >= 0.6 is 11.6 Å². The van der Waals surface area contributed by atoms with Gasteiger partial charge in [-0.15, -0.1) is 0 Å². The van der Waals surface area contributed by atoms with Crippen LogP contribution in [0.25, 0.3) is 0 Å². The molecule has 1 aromatic carbocycles. The molecule has 0 saturated carbocycles. The number of aliphatic imine (C=N–C) groups is 1. The van der Waals surface area contributed by atoms with Gasteiger partial charge in [0.2, 0.25) is 0 Å². The molecule has 3 heterocycles. The molecule has 4 rings (SSSR count). The SMILES string of the molecule is CC(=O)C[N+]1=C(CN2CCN(c3cc(Cl)ccc3C)CC2)N=C2C1C(=O)N(C)C(=O)N2C. The Labute approximate surface area is 192 Å². The van der Waals surface area contributed by atoms with Gasteiger partial charge in [0, 0.05) is 51.0 Å². The number of piperazine rings is 1. The second kappa shape index (κ2) is 8.63. The van der Waals surface area contributed by atoms with Crippen LogP contribution in [0.15, 0.2) is 23.2 Å². The molecule has 3 aliphatic rings. The monoisotopic (exact) mass is 459 g/mol. The van der Waals surface area contributed by atoms with Crippen LogP contribution in [0.2, 0.25) is 5.02 Å². The number of amides is 3. The maximum absolute atomic E-state index is 12.9. The van der Waals surface area contributed by atoms with Crippen molar-refractivity contribution in [2.75, 3.05) is 58.3 Å². The van der Waals surface area contributed by atoms with Crippen LogP contribution in [0.1, 0.15) is 12.5 Å². The van der Waals surface area contributed by atoms with Crippen molar-refractivity contribution in [1.82, 2.24) is 14.7 Å². The van der Waals surface area contributed by atoms with Crippen molar-refractivity contribution in [1.29, 1.82) is 0 Å². The van der Waals surface area contributed by atoms with Crippen molar-refractivity contribution in [3.8, 4) is 0 Å². The number of carbonyl (C=O) groups is 3. The second-order valence-electron chi connectivity index (χ2n) is 8.55. The number of ketones is 1. The molecule has 32 heavy (non-hydrogen) atoms. The number of rotatable bonds is 5. The van der Waals surface area contributed by atoms with E-state index in [-0.39, 0.29) is 18.2 Å². The molecule has 0 N–H and O–H groups in total. The van der Waals surface area contributed by atoms with Gasteiger partial charge in [0.1, 0.15) is 13.1 Å². The molecule has 170 valence electrons. The highest BCUT2D eigenvalue weighted by molar-refractivity contribution is 6.30. The third-order valence-electron chi connectivity index (χ3n) is 6.26. The van der Waals surface area contributed by atoms with Crippen LogP contribution in [0.5, 0.6) is 0 Å². The average Bonchev–Trinajstić information content (AvgIpc) is 3.10. The first-order chi connectivity index (χ1) is 15.2. The van der Waals surface area contributed by atoms with Crippen LogP contribution in [0.4, 0.5) is 10.5 Å². The fourth-order valence-electron chi connectivity index (χ4n) is 4.47. The molecular weight excluding hydrogens is 432 g/mol. The normalized spacial score (nSPS) is 22.0. The predicted molar refractivity (Wildman–Crippen MR) is 123 cm³/mol. The van der Waals surface area contributed by atoms with E-state index in [0.29, 0.717) is 18.2 Å². The van der Waals surface area contributed by atoms with E-state index < -0.39 is 12.1 Å². The first-order valence-electron chi connectivity index (χ1n) is 10.7. The smallest absolute Gasteiger partial charge is 0.333 e. The number of hydrogen-bond donors (Lipinski definition) is 0. The summed E-state index contributed by atoms with van der Waals surface area (Å²) in [6.45, 7) is 7.44. The summed E-state index contributed by atoms with van der Waals surface area (Å²) in [5, 5.41) is 0.723. The third-order valence-corrected chi connectivity index (χ3v) is 6.49. The van der Waals surface area contributed by atoms with Crippen molar-refractivity contribution < 1.29 is 19.0 Å². The largest absolute Gasteiger partial charge is 0.369 e. The standard InChI is InChI=1S/C22H28ClN6O3/c1-14-5-6-16(23)11-17(14)28-9-7-27(8-10-28)13-18-24-20-19(29(18)12-15(2)30)21(31)26(4)22(32)25(20)3/h5-6,11,19H,7-10,12-13H2,1-4H3/q+1. The zero-order valence-corrected chi connectivity index (χ0v) is 19.6. The Kier molecular flexibility index (Phi) is 6.05. The number of benzene rings is 1. The maximum atomic E-state index is 12.9. The Hall–Kier alpha value is -2.78. The number of urea groups is 1. The van der Waals surface area contributed by atoms with Gasteiger partial charge >= 0.3 is 11.9 Å². The Morgan fingerprint density at radius 2 is 1.84 bits per heavy atom. The van der Waals surface area contributed by atoms with Crippen LogP contribution in [-0.4, -0.2) is 108 Å². The maximum Gasteiger partial charge on any atom is 0.333 e. The molecule has 10 heteroatoms. The number of imide groups is 1. The van der Waals surface area contributed by atoms with Crippen molar-refractivity contribution in [3.63, 3.8) is 0 Å². The third kappa shape index (κ3) is 4.02. The van der Waals surface area contributed by atoms with Gasteiger partial charge in [-0.25, -0.2) is 9.37 Å². The molecular formula is C22H28ClN6O3+. The molecule has 3 amide bonds. The van der Waals surface area contributed by atoms with Gasteiger partial charge < -0.3 is 4.90 Å². The van der Waals surface area contributed by atoms with Gasteiger partial charge in [0.25, 0.3) is 17.8 Å². The predicted octanol–water partition coefficient (Wildman–Crippen LogP) is 1.07. The van der Waals surface area contributed by atoms with Gasteiger partial charge in [-0.3, -0.25) is 24.3 Å². The molecule has 0 radical (unpaired) electrons. The summed E-state index contributed by atoms with van der Waals surface area (Å²) in [4.78, 5) is 48.9. The number of nitrogens with zero attached hydrogens (tertiary/aromatic N) is 6. The highest BCUT2D eigenvalue weighted by Gasteiger charge is 2.53. The number of fused-ring (bicyclic) bond motifs is 1. The van der Waals surface area contributed by atoms with Gasteiger partial charge in [0.05, 0.1) is 0 Å². The van der Waals surface area contributed by atoms with Crippen LogP contribution < -0.4 is 4.90 Å². The lowest BCUT2D eigenvalue weighted by Crippen LogP contribution is -2.61. The molecule has 1 unspecified atom stereocenters. The quantitative estimate of drug-likeness (QED) is 0.615. The van der Waals surface area contributed by atoms with E-state index in [9.17, 15) is 14.4 Å². The summed E-state index contributed by atoms with van der Waals surface area (Å²) in [6, 6.07) is 4.77. The molecule has 0 aliphatic carbocycles. The molecule has 2 fully saturated rings. The summed E-state index contributed by atoms with van der Waals surface area (Å²) in [6.07, 6.45) is 0. The number of amidine groups is 2. The van der Waals surface area contributed by atoms with E-state index in [1.165, 1.54) is 24.4 Å². The molecule has 9 nitrogen and oxygen atoms in total. The zero-order valence-electron chi connectivity index (χ0n) is 18.8. The van der Waals surface area contributed by atoms with Crippen molar-refractivity contribution >= 4 is 46.7 Å². The Bertz CT molecular complexity index is 1040. The zero-order chi connectivity index (χ0) is 23.2. The summed E-state index contributed by atoms with van der Waals surface area (Å²) in [5.74, 6) is 0.623. The first-order valence-corrected chi connectivity index (χ1v) is 11.0. The lowest BCUT2D eigenvalue weighted by Gasteiger charge is -2.36. The number of halogens is 1. The van der Waals surface area contributed by atoms with Crippen molar-refractivity contribution in [2.24, 2.45) is 4.99 Å². The van der Waals surface area contributed by atoms with E-state index >= 15 is 0 Å². The summed E-state index contributed by atoms with van der Waals surface area (Å²) < 4.78 is 1.74. The Morgan fingerprint density at radius 3 is 2.50 bits per heavy atom. The number of anilines is 1. The van der Waals surface area contributed by atoms with E-state index in [0.717, 1.165) is 41.8 Å². The van der Waals surface area contributed by atoms with Gasteiger partial charge in [-0.1, -0.05) is 17.7 Å². The van der Waals surface area contributed by atoms with Gasteiger partial charge in [-0.05, 0) is 36.5 Å². The Morgan fingerprint density at radius 1 is 1.16 bits per heavy atom. The van der Waals surface area contributed by atoms with E-state index in [1.54, 1.807) is 11.6 Å². The van der Waals surface area contributed by atoms with Gasteiger partial charge in [0.15, 0.2) is 5.78 Å². The fourth-order valence-corrected chi connectivity index (χ4v) is 4.63. The molecule has 0 aromatic heterocycles. The number of Topliss-reactive ketones (excluding diaryl/α,β-unsaturated/α-hetero) is 1. The molecule has 1 atom stereocenters. The molecule has 3 aliphatic heterocycles. The van der Waals surface area contributed by atoms with E-state index in [4.69, 9.17) is 11.6 Å². The second-order valence-corrected chi connectivity index (χ2v) is 8.99. The molecule has 0 spiro atoms. The molecule has 1 aromatic rings. The number of hydrogen-bond acceptors (Lipinski definition) is 6. The summed E-state index contributed by atoms with van der Waals surface area (Å²) in [5.41, 5.74) is 2.33. The highest BCUT2D eigenvalue weighted by atomic mass is 35.5. The van der Waals surface area contributed by atoms with E-state index in [1.807, 2.05) is 18.2 Å². The van der Waals surface area contributed by atoms with Crippen molar-refractivity contribution in [3.05, 3.63) is 28.8 Å². The number of likely N-dealkylation sites (N-methyl/N-ethyl adjacent to an activating group) is 2. The molecule has 2 saturated heterocycles. The van der Waals surface area contributed by atoms with E-state index in [2.05, 4.69) is 21.7 Å². The fraction of sp³-hybridized carbons (Fsp3) is 0.500.